The molecule has 0 radical (unpaired) electrons. The lowest BCUT2D eigenvalue weighted by Gasteiger charge is -2.05. The van der Waals surface area contributed by atoms with E-state index in [4.69, 9.17) is 12.6 Å². The summed E-state index contributed by atoms with van der Waals surface area (Å²) in [4.78, 5) is 4.34. The fourth-order valence-corrected chi connectivity index (χ4v) is 4.88. The van der Waals surface area contributed by atoms with E-state index in [0.29, 0.717) is 16.8 Å². The molecule has 6 rings (SSSR count). The zero-order chi connectivity index (χ0) is 22.4. The minimum absolute atomic E-state index is 0.216. The van der Waals surface area contributed by atoms with Gasteiger partial charge in [0, 0.05) is 45.5 Å². The average Bonchev–Trinajstić information content (AvgIpc) is 3.31. The molecule has 3 heteroatoms. The SMILES string of the molecule is [2H]C([2H])([2H])c1cnc(-c2ccc3sc4cc5ccccc5c5oc2c3c45)cc1C([2H])([2H])[2H]. The van der Waals surface area contributed by atoms with Gasteiger partial charge in [-0.2, -0.15) is 0 Å². The number of hydrogen-bond acceptors (Lipinski definition) is 3. The highest BCUT2D eigenvalue weighted by Gasteiger charge is 2.21. The van der Waals surface area contributed by atoms with E-state index in [1.807, 2.05) is 30.3 Å². The summed E-state index contributed by atoms with van der Waals surface area (Å²) in [6.45, 7) is -5.15. The van der Waals surface area contributed by atoms with E-state index >= 15 is 0 Å². The standard InChI is InChI=1S/C23H15NOS/c1-12-9-17(24-11-13(12)2)16-7-8-18-20-21-19(26-18)10-14-5-3-4-6-15(14)22(21)25-23(16)20/h3-11H,1-2H3/i1D3,2D3. The Morgan fingerprint density at radius 1 is 0.923 bits per heavy atom. The van der Waals surface area contributed by atoms with Crippen LogP contribution in [0, 0.1) is 13.7 Å². The molecule has 0 saturated carbocycles. The van der Waals surface area contributed by atoms with E-state index in [1.165, 1.54) is 6.07 Å². The van der Waals surface area contributed by atoms with Crippen LogP contribution in [0.25, 0.3) is 53.4 Å². The van der Waals surface area contributed by atoms with Crippen LogP contribution < -0.4 is 0 Å². The van der Waals surface area contributed by atoms with Crippen LogP contribution in [-0.2, 0) is 0 Å². The van der Waals surface area contributed by atoms with Crippen LogP contribution in [0.3, 0.4) is 0 Å². The number of nitrogens with zero attached hydrogens (tertiary/aromatic N) is 1. The van der Waals surface area contributed by atoms with E-state index in [1.54, 1.807) is 11.3 Å². The molecule has 0 atom stereocenters. The smallest absolute Gasteiger partial charge is 0.146 e. The molecular formula is C23H15NOS. The number of rotatable bonds is 1. The van der Waals surface area contributed by atoms with Crippen molar-refractivity contribution in [2.45, 2.75) is 13.7 Å². The number of benzene rings is 3. The molecular weight excluding hydrogens is 338 g/mol. The Bertz CT molecular complexity index is 1660. The quantitative estimate of drug-likeness (QED) is 0.314. The molecule has 0 aliphatic heterocycles. The third-order valence-electron chi connectivity index (χ3n) is 4.94. The van der Waals surface area contributed by atoms with Crippen molar-refractivity contribution >= 4 is 53.4 Å². The summed E-state index contributed by atoms with van der Waals surface area (Å²) >= 11 is 1.68. The van der Waals surface area contributed by atoms with E-state index in [9.17, 15) is 0 Å². The Balaban J connectivity index is 1.68. The van der Waals surface area contributed by atoms with Crippen LogP contribution in [0.5, 0.6) is 0 Å². The van der Waals surface area contributed by atoms with Crippen LogP contribution in [0.15, 0.2) is 59.1 Å². The number of aromatic nitrogens is 1. The van der Waals surface area contributed by atoms with Gasteiger partial charge in [0.15, 0.2) is 0 Å². The lowest BCUT2D eigenvalue weighted by atomic mass is 10.0. The molecule has 124 valence electrons. The summed E-state index contributed by atoms with van der Waals surface area (Å²) in [5.41, 5.74) is 1.96. The Labute approximate surface area is 162 Å². The lowest BCUT2D eigenvalue weighted by molar-refractivity contribution is 0.674. The average molecular weight is 359 g/mol. The monoisotopic (exact) mass is 359 g/mol. The Hall–Kier alpha value is -2.91. The normalized spacial score (nSPS) is 16.6. The fraction of sp³-hybridized carbons (Fsp3) is 0.0870. The first kappa shape index (κ1) is 9.70. The van der Waals surface area contributed by atoms with Crippen molar-refractivity contribution in [2.75, 3.05) is 0 Å². The molecule has 3 aromatic heterocycles. The number of furan rings is 1. The highest BCUT2D eigenvalue weighted by molar-refractivity contribution is 7.26. The zero-order valence-electron chi connectivity index (χ0n) is 19.5. The first-order valence-electron chi connectivity index (χ1n) is 11.2. The van der Waals surface area contributed by atoms with Gasteiger partial charge in [-0.25, -0.2) is 0 Å². The van der Waals surface area contributed by atoms with Gasteiger partial charge in [0.2, 0.25) is 0 Å². The fourth-order valence-electron chi connectivity index (χ4n) is 3.73. The van der Waals surface area contributed by atoms with Gasteiger partial charge in [-0.1, -0.05) is 24.3 Å². The van der Waals surface area contributed by atoms with Crippen molar-refractivity contribution < 1.29 is 12.6 Å². The van der Waals surface area contributed by atoms with Crippen molar-refractivity contribution in [3.8, 4) is 11.3 Å². The molecule has 0 amide bonds. The third-order valence-corrected chi connectivity index (χ3v) is 6.04. The van der Waals surface area contributed by atoms with Crippen molar-refractivity contribution in [3.05, 3.63) is 65.9 Å². The molecule has 0 bridgehead atoms. The van der Waals surface area contributed by atoms with Crippen LogP contribution in [0.4, 0.5) is 0 Å². The van der Waals surface area contributed by atoms with Crippen molar-refractivity contribution in [1.29, 1.82) is 0 Å². The summed E-state index contributed by atoms with van der Waals surface area (Å²) in [6.07, 6.45) is 1.15. The summed E-state index contributed by atoms with van der Waals surface area (Å²) in [5, 5.41) is 4.14. The third kappa shape index (κ3) is 1.73. The maximum absolute atomic E-state index is 7.87. The number of fused-ring (bicyclic) bond motifs is 2. The molecule has 0 N–H and O–H groups in total. The molecule has 6 aromatic rings. The first-order chi connectivity index (χ1) is 15.1. The van der Waals surface area contributed by atoms with Gasteiger partial charge in [0.05, 0.1) is 5.69 Å². The van der Waals surface area contributed by atoms with E-state index in [-0.39, 0.29) is 11.1 Å². The summed E-state index contributed by atoms with van der Waals surface area (Å²) in [7, 11) is 0. The second-order valence-corrected chi connectivity index (χ2v) is 7.52. The van der Waals surface area contributed by atoms with Gasteiger partial charge in [0.1, 0.15) is 11.2 Å². The predicted molar refractivity (Wildman–Crippen MR) is 111 cm³/mol. The molecule has 0 aliphatic rings. The highest BCUT2D eigenvalue weighted by atomic mass is 32.1. The highest BCUT2D eigenvalue weighted by Crippen LogP contribution is 2.47. The first-order valence-corrected chi connectivity index (χ1v) is 9.05. The van der Waals surface area contributed by atoms with Crippen molar-refractivity contribution in [3.63, 3.8) is 0 Å². The topological polar surface area (TPSA) is 26.0 Å². The second kappa shape index (κ2) is 4.83. The summed E-state index contributed by atoms with van der Waals surface area (Å²) < 4.78 is 55.3. The summed E-state index contributed by atoms with van der Waals surface area (Å²) in [6, 6.07) is 15.4. The predicted octanol–water partition coefficient (Wildman–Crippen LogP) is 7.07. The van der Waals surface area contributed by atoms with Gasteiger partial charge in [0.25, 0.3) is 0 Å². The van der Waals surface area contributed by atoms with Crippen LogP contribution >= 0.6 is 11.3 Å². The van der Waals surface area contributed by atoms with Gasteiger partial charge in [-0.3, -0.25) is 4.98 Å². The largest absolute Gasteiger partial charge is 0.455 e. The van der Waals surface area contributed by atoms with Crippen molar-refractivity contribution in [2.24, 2.45) is 0 Å². The van der Waals surface area contributed by atoms with Gasteiger partial charge < -0.3 is 4.42 Å². The van der Waals surface area contributed by atoms with Crippen LogP contribution in [-0.4, -0.2) is 4.98 Å². The zero-order valence-corrected chi connectivity index (χ0v) is 14.3. The van der Waals surface area contributed by atoms with Gasteiger partial charge >= 0.3 is 0 Å². The second-order valence-electron chi connectivity index (χ2n) is 6.43. The van der Waals surface area contributed by atoms with E-state index < -0.39 is 13.7 Å². The van der Waals surface area contributed by atoms with E-state index in [2.05, 4.69) is 17.1 Å². The van der Waals surface area contributed by atoms with E-state index in [0.717, 1.165) is 42.7 Å². The lowest BCUT2D eigenvalue weighted by Crippen LogP contribution is -1.88. The molecule has 26 heavy (non-hydrogen) atoms. The maximum Gasteiger partial charge on any atom is 0.146 e. The molecule has 3 aromatic carbocycles. The number of hydrogen-bond donors (Lipinski definition) is 0. The number of aryl methyl sites for hydroxylation is 2. The minimum atomic E-state index is -2.58. The number of thiophene rings is 1. The molecule has 3 heterocycles. The molecule has 0 aliphatic carbocycles. The van der Waals surface area contributed by atoms with Crippen LogP contribution in [0.2, 0.25) is 0 Å². The Morgan fingerprint density at radius 2 is 1.81 bits per heavy atom. The molecule has 2 nitrogen and oxygen atoms in total. The number of pyridine rings is 1. The van der Waals surface area contributed by atoms with Gasteiger partial charge in [-0.15, -0.1) is 11.3 Å². The maximum atomic E-state index is 7.87. The Morgan fingerprint density at radius 3 is 2.73 bits per heavy atom. The Kier molecular flexibility index (Phi) is 1.80. The van der Waals surface area contributed by atoms with Crippen LogP contribution in [0.1, 0.15) is 19.4 Å². The minimum Gasteiger partial charge on any atom is -0.455 e. The summed E-state index contributed by atoms with van der Waals surface area (Å²) in [5.74, 6) is 0. The van der Waals surface area contributed by atoms with Gasteiger partial charge in [-0.05, 0) is 54.5 Å². The molecule has 0 fully saturated rings. The molecule has 0 saturated heterocycles. The molecule has 0 spiro atoms. The molecule has 0 unspecified atom stereocenters. The van der Waals surface area contributed by atoms with Crippen molar-refractivity contribution in [1.82, 2.24) is 4.98 Å².